The predicted molar refractivity (Wildman–Crippen MR) is 101 cm³/mol. The summed E-state index contributed by atoms with van der Waals surface area (Å²) in [4.78, 5) is 31.2. The number of carbonyl (C=O) groups excluding carboxylic acids is 2. The van der Waals surface area contributed by atoms with E-state index in [-0.39, 0.29) is 24.3 Å². The van der Waals surface area contributed by atoms with Gasteiger partial charge in [0, 0.05) is 32.7 Å². The van der Waals surface area contributed by atoms with Crippen molar-refractivity contribution < 1.29 is 9.59 Å². The second-order valence-corrected chi connectivity index (χ2v) is 6.92. The highest BCUT2D eigenvalue weighted by molar-refractivity contribution is 6.22. The van der Waals surface area contributed by atoms with Gasteiger partial charge in [0.25, 0.3) is 5.91 Å². The number of carbonyl (C=O) groups is 2. The Morgan fingerprint density at radius 1 is 0.808 bits per heavy atom. The molecule has 2 fully saturated rings. The number of nitrogens with zero attached hydrogens (tertiary/aromatic N) is 3. The molecule has 2 aliphatic rings. The molecule has 2 aromatic rings. The number of benzene rings is 2. The van der Waals surface area contributed by atoms with Crippen molar-refractivity contribution >= 4 is 17.5 Å². The number of hydrogen-bond acceptors (Lipinski definition) is 4. The van der Waals surface area contributed by atoms with E-state index in [0.717, 1.165) is 32.7 Å². The number of anilines is 1. The molecule has 0 radical (unpaired) electrons. The van der Waals surface area contributed by atoms with E-state index < -0.39 is 0 Å². The lowest BCUT2D eigenvalue weighted by Crippen LogP contribution is -2.52. The van der Waals surface area contributed by atoms with Crippen molar-refractivity contribution in [2.45, 2.75) is 19.0 Å². The Kier molecular flexibility index (Phi) is 4.82. The summed E-state index contributed by atoms with van der Waals surface area (Å²) in [6, 6.07) is 19.3. The minimum Gasteiger partial charge on any atom is -0.297 e. The molecule has 2 aliphatic heterocycles. The SMILES string of the molecule is O=C1C[C@@H](N2CCN(Cc3ccccc3)CC2)C(=O)N1c1ccccc1. The third-order valence-electron chi connectivity index (χ3n) is 5.23. The maximum absolute atomic E-state index is 12.8. The Hall–Kier alpha value is -2.50. The summed E-state index contributed by atoms with van der Waals surface area (Å²) < 4.78 is 0. The van der Waals surface area contributed by atoms with Crippen LogP contribution in [0.25, 0.3) is 0 Å². The van der Waals surface area contributed by atoms with E-state index >= 15 is 0 Å². The molecule has 0 aliphatic carbocycles. The lowest BCUT2D eigenvalue weighted by atomic mass is 10.1. The first-order valence-corrected chi connectivity index (χ1v) is 9.14. The maximum Gasteiger partial charge on any atom is 0.251 e. The van der Waals surface area contributed by atoms with E-state index in [4.69, 9.17) is 0 Å². The first kappa shape index (κ1) is 16.9. The van der Waals surface area contributed by atoms with Crippen molar-refractivity contribution in [1.29, 1.82) is 0 Å². The molecule has 0 aromatic heterocycles. The van der Waals surface area contributed by atoms with Gasteiger partial charge >= 0.3 is 0 Å². The molecule has 134 valence electrons. The van der Waals surface area contributed by atoms with Gasteiger partial charge < -0.3 is 0 Å². The van der Waals surface area contributed by atoms with Crippen LogP contribution in [0.2, 0.25) is 0 Å². The Bertz CT molecular complexity index is 770. The van der Waals surface area contributed by atoms with Crippen molar-refractivity contribution in [1.82, 2.24) is 9.80 Å². The highest BCUT2D eigenvalue weighted by Crippen LogP contribution is 2.26. The van der Waals surface area contributed by atoms with Gasteiger partial charge in [-0.3, -0.25) is 19.4 Å². The standard InChI is InChI=1S/C21H23N3O2/c25-20-15-19(21(26)24(20)18-9-5-2-6-10-18)23-13-11-22(12-14-23)16-17-7-3-1-4-8-17/h1-10,19H,11-16H2/t19-/m1/s1. The Labute approximate surface area is 153 Å². The normalized spacial score (nSPS) is 22.2. The number of amides is 2. The van der Waals surface area contributed by atoms with Gasteiger partial charge in [-0.1, -0.05) is 48.5 Å². The maximum atomic E-state index is 12.8. The lowest BCUT2D eigenvalue weighted by molar-refractivity contribution is -0.123. The quantitative estimate of drug-likeness (QED) is 0.794. The molecule has 26 heavy (non-hydrogen) atoms. The van der Waals surface area contributed by atoms with Gasteiger partial charge in [-0.25, -0.2) is 4.90 Å². The Morgan fingerprint density at radius 2 is 1.42 bits per heavy atom. The fourth-order valence-corrected chi connectivity index (χ4v) is 3.82. The molecule has 2 amide bonds. The van der Waals surface area contributed by atoms with Crippen LogP contribution < -0.4 is 4.90 Å². The van der Waals surface area contributed by atoms with E-state index in [9.17, 15) is 9.59 Å². The number of hydrogen-bond donors (Lipinski definition) is 0. The summed E-state index contributed by atoms with van der Waals surface area (Å²) in [5.74, 6) is -0.185. The van der Waals surface area contributed by atoms with Crippen LogP contribution in [0.15, 0.2) is 60.7 Å². The van der Waals surface area contributed by atoms with Crippen LogP contribution in [0.3, 0.4) is 0 Å². The first-order valence-electron chi connectivity index (χ1n) is 9.14. The molecule has 0 spiro atoms. The minimum atomic E-state index is -0.318. The van der Waals surface area contributed by atoms with Crippen molar-refractivity contribution in [2.24, 2.45) is 0 Å². The molecule has 0 bridgehead atoms. The van der Waals surface area contributed by atoms with Gasteiger partial charge in [0.1, 0.15) is 0 Å². The monoisotopic (exact) mass is 349 g/mol. The molecule has 0 saturated carbocycles. The van der Waals surface area contributed by atoms with Crippen LogP contribution in [0.4, 0.5) is 5.69 Å². The summed E-state index contributed by atoms with van der Waals surface area (Å²) in [5, 5.41) is 0. The largest absolute Gasteiger partial charge is 0.297 e. The highest BCUT2D eigenvalue weighted by Gasteiger charge is 2.43. The lowest BCUT2D eigenvalue weighted by Gasteiger charge is -2.37. The van der Waals surface area contributed by atoms with E-state index in [1.807, 2.05) is 36.4 Å². The molecule has 4 rings (SSSR count). The molecule has 2 saturated heterocycles. The zero-order chi connectivity index (χ0) is 17.9. The predicted octanol–water partition coefficient (Wildman–Crippen LogP) is 2.14. The number of piperazine rings is 1. The highest BCUT2D eigenvalue weighted by atomic mass is 16.2. The first-order chi connectivity index (χ1) is 12.7. The summed E-state index contributed by atoms with van der Waals surface area (Å²) >= 11 is 0. The minimum absolute atomic E-state index is 0.0855. The van der Waals surface area contributed by atoms with Crippen LogP contribution in [0.5, 0.6) is 0 Å². The van der Waals surface area contributed by atoms with Crippen molar-refractivity contribution in [3.63, 3.8) is 0 Å². The van der Waals surface area contributed by atoms with Gasteiger partial charge in [0.2, 0.25) is 5.91 Å². The summed E-state index contributed by atoms with van der Waals surface area (Å²) in [7, 11) is 0. The smallest absolute Gasteiger partial charge is 0.251 e. The van der Waals surface area contributed by atoms with E-state index in [1.54, 1.807) is 0 Å². The second kappa shape index (κ2) is 7.40. The molecule has 2 heterocycles. The molecule has 0 N–H and O–H groups in total. The molecule has 5 nitrogen and oxygen atoms in total. The molecule has 2 aromatic carbocycles. The number of rotatable bonds is 4. The van der Waals surface area contributed by atoms with Gasteiger partial charge in [-0.15, -0.1) is 0 Å². The third kappa shape index (κ3) is 3.41. The number of imide groups is 1. The van der Waals surface area contributed by atoms with Crippen molar-refractivity contribution in [3.05, 3.63) is 66.2 Å². The average molecular weight is 349 g/mol. The van der Waals surface area contributed by atoms with Gasteiger partial charge in [0.15, 0.2) is 0 Å². The molecular formula is C21H23N3O2. The summed E-state index contributed by atoms with van der Waals surface area (Å²) in [6.45, 7) is 4.40. The van der Waals surface area contributed by atoms with Crippen LogP contribution >= 0.6 is 0 Å². The van der Waals surface area contributed by atoms with Crippen molar-refractivity contribution in [2.75, 3.05) is 31.1 Å². The van der Waals surface area contributed by atoms with Gasteiger partial charge in [-0.05, 0) is 17.7 Å². The molecular weight excluding hydrogens is 326 g/mol. The zero-order valence-electron chi connectivity index (χ0n) is 14.8. The van der Waals surface area contributed by atoms with Crippen LogP contribution in [0, 0.1) is 0 Å². The Morgan fingerprint density at radius 3 is 2.08 bits per heavy atom. The topological polar surface area (TPSA) is 43.9 Å². The van der Waals surface area contributed by atoms with E-state index in [2.05, 4.69) is 34.1 Å². The fourth-order valence-electron chi connectivity index (χ4n) is 3.82. The third-order valence-corrected chi connectivity index (χ3v) is 5.23. The van der Waals surface area contributed by atoms with E-state index in [0.29, 0.717) is 5.69 Å². The summed E-state index contributed by atoms with van der Waals surface area (Å²) in [5.41, 5.74) is 1.98. The Balaban J connectivity index is 1.37. The van der Waals surface area contributed by atoms with Gasteiger partial charge in [0.05, 0.1) is 18.2 Å². The van der Waals surface area contributed by atoms with Crippen LogP contribution in [0.1, 0.15) is 12.0 Å². The molecule has 1 atom stereocenters. The zero-order valence-corrected chi connectivity index (χ0v) is 14.8. The molecule has 5 heteroatoms. The summed E-state index contributed by atoms with van der Waals surface area (Å²) in [6.07, 6.45) is 0.284. The average Bonchev–Trinajstić information content (AvgIpc) is 2.98. The fraction of sp³-hybridized carbons (Fsp3) is 0.333. The second-order valence-electron chi connectivity index (χ2n) is 6.92. The van der Waals surface area contributed by atoms with Gasteiger partial charge in [-0.2, -0.15) is 0 Å². The molecule has 0 unspecified atom stereocenters. The van der Waals surface area contributed by atoms with Crippen LogP contribution in [-0.4, -0.2) is 53.8 Å². The van der Waals surface area contributed by atoms with E-state index in [1.165, 1.54) is 10.5 Å². The number of para-hydroxylation sites is 1. The van der Waals surface area contributed by atoms with Crippen LogP contribution in [-0.2, 0) is 16.1 Å². The van der Waals surface area contributed by atoms with Crippen molar-refractivity contribution in [3.8, 4) is 0 Å².